The number of ether oxygens (including phenoxy) is 1. The molecule has 0 bridgehead atoms. The minimum Gasteiger partial charge on any atom is -0.456 e. The minimum atomic E-state index is -0.673. The second kappa shape index (κ2) is 9.62. The molecule has 2 amide bonds. The van der Waals surface area contributed by atoms with E-state index in [-0.39, 0.29) is 41.6 Å². The summed E-state index contributed by atoms with van der Waals surface area (Å²) in [5.74, 6) is -0.629. The molecule has 1 fully saturated rings. The van der Waals surface area contributed by atoms with Crippen molar-refractivity contribution in [2.24, 2.45) is 0 Å². The molecule has 0 radical (unpaired) electrons. The molecule has 1 aliphatic carbocycles. The number of non-ortho nitro benzene ring substituents is 1. The number of fused-ring (bicyclic) bond motifs is 1. The van der Waals surface area contributed by atoms with Crippen molar-refractivity contribution in [3.05, 3.63) is 75.0 Å². The molecular formula is C23H23N3O6S. The van der Waals surface area contributed by atoms with Crippen molar-refractivity contribution < 1.29 is 24.0 Å². The molecule has 2 aliphatic heterocycles. The fourth-order valence-electron chi connectivity index (χ4n) is 3.92. The normalized spacial score (nSPS) is 21.7. The Bertz CT molecular complexity index is 1090. The van der Waals surface area contributed by atoms with E-state index in [1.165, 1.54) is 40.9 Å². The second-order valence-corrected chi connectivity index (χ2v) is 9.14. The zero-order valence-electron chi connectivity index (χ0n) is 18.0. The molecule has 0 aromatic heterocycles. The largest absolute Gasteiger partial charge is 0.456 e. The number of carbonyl (C=O) groups excluding carboxylic acids is 3. The van der Waals surface area contributed by atoms with E-state index in [1.807, 2.05) is 18.2 Å². The number of nitro groups is 1. The topological polar surface area (TPSA) is 119 Å². The number of nitrogens with zero attached hydrogens (tertiary/aromatic N) is 2. The van der Waals surface area contributed by atoms with Gasteiger partial charge >= 0.3 is 5.97 Å². The standard InChI is InChI=1S/C23H23N3O6S/c1-14-13-33-22-19(24-18(27)11-15-5-3-2-4-6-15)21(28)25(22)20(14)23(29)32-12-16-7-9-17(10-8-16)26(30)31/h2-3,6-10,19,22H,4-5,11-13H2,1H3,(H,24,27)/t19?,22-/m1/s1. The number of hydrogen-bond donors (Lipinski definition) is 1. The fourth-order valence-corrected chi connectivity index (χ4v) is 5.21. The monoisotopic (exact) mass is 469 g/mol. The lowest BCUT2D eigenvalue weighted by Crippen LogP contribution is -2.70. The van der Waals surface area contributed by atoms with Gasteiger partial charge in [0.1, 0.15) is 23.7 Å². The Hall–Kier alpha value is -3.40. The summed E-state index contributed by atoms with van der Waals surface area (Å²) in [6.45, 7) is 1.70. The van der Waals surface area contributed by atoms with Gasteiger partial charge in [0.2, 0.25) is 5.91 Å². The number of hydrogen-bond acceptors (Lipinski definition) is 7. The van der Waals surface area contributed by atoms with Crippen molar-refractivity contribution in [3.63, 3.8) is 0 Å². The Morgan fingerprint density at radius 2 is 2.03 bits per heavy atom. The first kappa shape index (κ1) is 22.8. The molecule has 4 rings (SSSR count). The van der Waals surface area contributed by atoms with Gasteiger partial charge < -0.3 is 10.1 Å². The van der Waals surface area contributed by atoms with Crippen LogP contribution < -0.4 is 5.32 Å². The van der Waals surface area contributed by atoms with Gasteiger partial charge in [0.15, 0.2) is 0 Å². The Morgan fingerprint density at radius 1 is 1.27 bits per heavy atom. The number of amides is 2. The quantitative estimate of drug-likeness (QED) is 0.214. The lowest BCUT2D eigenvalue weighted by Gasteiger charge is -2.49. The molecule has 1 N–H and O–H groups in total. The molecule has 3 aliphatic rings. The summed E-state index contributed by atoms with van der Waals surface area (Å²) in [6, 6.07) is 5.04. The summed E-state index contributed by atoms with van der Waals surface area (Å²) in [5.41, 5.74) is 2.51. The van der Waals surface area contributed by atoms with Crippen LogP contribution in [-0.4, -0.2) is 44.8 Å². The summed E-state index contributed by atoms with van der Waals surface area (Å²) >= 11 is 1.50. The number of rotatable bonds is 7. The highest BCUT2D eigenvalue weighted by Gasteiger charge is 2.53. The van der Waals surface area contributed by atoms with Crippen molar-refractivity contribution >= 4 is 35.2 Å². The number of allylic oxidation sites excluding steroid dienone is 3. The molecular weight excluding hydrogens is 446 g/mol. The van der Waals surface area contributed by atoms with Crippen LogP contribution in [0.25, 0.3) is 0 Å². The van der Waals surface area contributed by atoms with Crippen LogP contribution in [0.3, 0.4) is 0 Å². The molecule has 0 spiro atoms. The van der Waals surface area contributed by atoms with E-state index < -0.39 is 16.9 Å². The van der Waals surface area contributed by atoms with Gasteiger partial charge in [0.25, 0.3) is 11.6 Å². The summed E-state index contributed by atoms with van der Waals surface area (Å²) in [7, 11) is 0. The molecule has 1 aromatic rings. The van der Waals surface area contributed by atoms with Crippen molar-refractivity contribution in [1.29, 1.82) is 0 Å². The van der Waals surface area contributed by atoms with Gasteiger partial charge in [-0.25, -0.2) is 4.79 Å². The first-order valence-electron chi connectivity index (χ1n) is 10.5. The molecule has 9 nitrogen and oxygen atoms in total. The highest BCUT2D eigenvalue weighted by Crippen LogP contribution is 2.40. The molecule has 1 saturated heterocycles. The Balaban J connectivity index is 1.36. The van der Waals surface area contributed by atoms with E-state index >= 15 is 0 Å². The molecule has 0 saturated carbocycles. The first-order chi connectivity index (χ1) is 15.8. The minimum absolute atomic E-state index is 0.0497. The lowest BCUT2D eigenvalue weighted by atomic mass is 10.0. The van der Waals surface area contributed by atoms with Crippen LogP contribution in [0.1, 0.15) is 31.7 Å². The van der Waals surface area contributed by atoms with E-state index in [0.717, 1.165) is 24.0 Å². The number of benzene rings is 1. The van der Waals surface area contributed by atoms with Crippen LogP contribution in [0.4, 0.5) is 5.69 Å². The lowest BCUT2D eigenvalue weighted by molar-refractivity contribution is -0.384. The van der Waals surface area contributed by atoms with Crippen LogP contribution in [0, 0.1) is 10.1 Å². The summed E-state index contributed by atoms with van der Waals surface area (Å²) in [5, 5.41) is 13.2. The van der Waals surface area contributed by atoms with Crippen LogP contribution in [0.15, 0.2) is 59.3 Å². The maximum atomic E-state index is 12.8. The number of nitrogens with one attached hydrogen (secondary N) is 1. The molecule has 10 heteroatoms. The van der Waals surface area contributed by atoms with E-state index in [9.17, 15) is 24.5 Å². The zero-order valence-corrected chi connectivity index (χ0v) is 18.8. The number of thioether (sulfide) groups is 1. The zero-order chi connectivity index (χ0) is 23.5. The molecule has 2 atom stereocenters. The van der Waals surface area contributed by atoms with Gasteiger partial charge in [0, 0.05) is 24.3 Å². The van der Waals surface area contributed by atoms with Crippen LogP contribution >= 0.6 is 11.8 Å². The average molecular weight is 470 g/mol. The molecule has 33 heavy (non-hydrogen) atoms. The smallest absolute Gasteiger partial charge is 0.355 e. The van der Waals surface area contributed by atoms with E-state index in [2.05, 4.69) is 5.32 Å². The van der Waals surface area contributed by atoms with Crippen LogP contribution in [0.5, 0.6) is 0 Å². The number of β-lactam (4-membered cyclic amide) rings is 1. The number of carbonyl (C=O) groups is 3. The number of esters is 1. The molecule has 1 unspecified atom stereocenters. The van der Waals surface area contributed by atoms with Gasteiger partial charge in [-0.1, -0.05) is 23.8 Å². The van der Waals surface area contributed by atoms with Crippen LogP contribution in [-0.2, 0) is 25.7 Å². The van der Waals surface area contributed by atoms with E-state index in [1.54, 1.807) is 6.92 Å². The highest BCUT2D eigenvalue weighted by molar-refractivity contribution is 8.00. The Labute approximate surface area is 194 Å². The predicted molar refractivity (Wildman–Crippen MR) is 122 cm³/mol. The van der Waals surface area contributed by atoms with Crippen molar-refractivity contribution in [2.45, 2.75) is 44.2 Å². The van der Waals surface area contributed by atoms with Gasteiger partial charge in [-0.2, -0.15) is 0 Å². The van der Waals surface area contributed by atoms with Gasteiger partial charge in [-0.05, 0) is 43.0 Å². The predicted octanol–water partition coefficient (Wildman–Crippen LogP) is 2.98. The Kier molecular flexibility index (Phi) is 6.64. The Morgan fingerprint density at radius 3 is 2.70 bits per heavy atom. The third-order valence-corrected chi connectivity index (χ3v) is 7.09. The van der Waals surface area contributed by atoms with Crippen molar-refractivity contribution in [2.75, 3.05) is 5.75 Å². The highest BCUT2D eigenvalue weighted by atomic mass is 32.2. The average Bonchev–Trinajstić information content (AvgIpc) is 2.81. The number of nitro benzene ring substituents is 1. The summed E-state index contributed by atoms with van der Waals surface area (Å²) in [4.78, 5) is 49.7. The first-order valence-corrected chi connectivity index (χ1v) is 11.6. The van der Waals surface area contributed by atoms with Gasteiger partial charge in [-0.3, -0.25) is 24.6 Å². The van der Waals surface area contributed by atoms with Gasteiger partial charge in [-0.15, -0.1) is 11.8 Å². The maximum Gasteiger partial charge on any atom is 0.355 e. The summed E-state index contributed by atoms with van der Waals surface area (Å²) in [6.07, 6.45) is 7.90. The van der Waals surface area contributed by atoms with E-state index in [0.29, 0.717) is 11.3 Å². The molecule has 172 valence electrons. The third kappa shape index (κ3) is 4.85. The van der Waals surface area contributed by atoms with Crippen molar-refractivity contribution in [3.8, 4) is 0 Å². The SMILES string of the molecule is CC1=C(C(=O)OCc2ccc([N+](=O)[O-])cc2)N2C(=O)C(NC(=O)CC3=CCC=CC3)[C@H]2SC1. The molecule has 2 heterocycles. The molecule has 1 aromatic carbocycles. The third-order valence-electron chi connectivity index (χ3n) is 5.66. The second-order valence-electron chi connectivity index (χ2n) is 8.03. The van der Waals surface area contributed by atoms with Gasteiger partial charge in [0.05, 0.1) is 4.92 Å². The van der Waals surface area contributed by atoms with E-state index in [4.69, 9.17) is 4.74 Å². The van der Waals surface area contributed by atoms with Crippen molar-refractivity contribution in [1.82, 2.24) is 10.2 Å². The maximum absolute atomic E-state index is 12.8. The fraction of sp³-hybridized carbons (Fsp3) is 0.348. The van der Waals surface area contributed by atoms with Crippen LogP contribution in [0.2, 0.25) is 0 Å². The summed E-state index contributed by atoms with van der Waals surface area (Å²) < 4.78 is 5.39.